The molecule has 0 aromatic carbocycles. The average Bonchev–Trinajstić information content (AvgIpc) is 2.97. The Balaban J connectivity index is 1.57. The van der Waals surface area contributed by atoms with Crippen molar-refractivity contribution < 1.29 is 4.74 Å². The van der Waals surface area contributed by atoms with Crippen molar-refractivity contribution in [2.75, 3.05) is 37.7 Å². The minimum atomic E-state index is 0.530. The quantitative estimate of drug-likeness (QED) is 0.836. The zero-order valence-corrected chi connectivity index (χ0v) is 14.1. The minimum Gasteiger partial charge on any atom is -0.378 e. The Labute approximate surface area is 132 Å². The van der Waals surface area contributed by atoms with Crippen LogP contribution in [0.3, 0.4) is 0 Å². The molecule has 2 atom stereocenters. The van der Waals surface area contributed by atoms with Crippen molar-refractivity contribution >= 4 is 16.5 Å². The number of likely N-dealkylation sites (tertiary alicyclic amines) is 1. The van der Waals surface area contributed by atoms with E-state index in [0.717, 1.165) is 32.2 Å². The number of fused-ring (bicyclic) bond motifs is 1. The van der Waals surface area contributed by atoms with Crippen molar-refractivity contribution in [3.05, 3.63) is 11.1 Å². The molecule has 2 aliphatic heterocycles. The second-order valence-electron chi connectivity index (χ2n) is 6.12. The van der Waals surface area contributed by atoms with Crippen molar-refractivity contribution in [3.63, 3.8) is 0 Å². The van der Waals surface area contributed by atoms with Crippen LogP contribution in [0.4, 0.5) is 5.13 Å². The van der Waals surface area contributed by atoms with Gasteiger partial charge in [-0.15, -0.1) is 11.3 Å². The molecule has 3 heterocycles. The van der Waals surface area contributed by atoms with Crippen LogP contribution in [0.25, 0.3) is 0 Å². The number of thiazole rings is 1. The zero-order valence-electron chi connectivity index (χ0n) is 13.3. The van der Waals surface area contributed by atoms with Crippen LogP contribution < -0.4 is 4.90 Å². The summed E-state index contributed by atoms with van der Waals surface area (Å²) >= 11 is 1.86. The summed E-state index contributed by atoms with van der Waals surface area (Å²) in [5, 5.41) is 1.17. The van der Waals surface area contributed by atoms with E-state index in [-0.39, 0.29) is 0 Å². The van der Waals surface area contributed by atoms with Crippen LogP contribution in [0.2, 0.25) is 0 Å². The molecule has 0 bridgehead atoms. The van der Waals surface area contributed by atoms with E-state index in [1.165, 1.54) is 42.4 Å². The Morgan fingerprint density at radius 1 is 1.38 bits per heavy atom. The number of piperidine rings is 1. The van der Waals surface area contributed by atoms with Gasteiger partial charge in [-0.25, -0.2) is 4.98 Å². The van der Waals surface area contributed by atoms with E-state index < -0.39 is 0 Å². The molecule has 0 saturated carbocycles. The molecule has 21 heavy (non-hydrogen) atoms. The first-order valence-electron chi connectivity index (χ1n) is 8.33. The summed E-state index contributed by atoms with van der Waals surface area (Å²) in [4.78, 5) is 10.9. The third-order valence-electron chi connectivity index (χ3n) is 4.75. The first-order valence-corrected chi connectivity index (χ1v) is 9.15. The highest BCUT2D eigenvalue weighted by atomic mass is 32.1. The Hall–Kier alpha value is -0.650. The number of aromatic nitrogens is 1. The molecular formula is C16H27N3OS. The van der Waals surface area contributed by atoms with Crippen LogP contribution in [0, 0.1) is 5.92 Å². The lowest BCUT2D eigenvalue weighted by atomic mass is 9.88. The molecule has 0 unspecified atom stereocenters. The number of anilines is 1. The monoisotopic (exact) mass is 309 g/mol. The third-order valence-corrected chi connectivity index (χ3v) is 5.80. The van der Waals surface area contributed by atoms with Gasteiger partial charge in [0.05, 0.1) is 6.10 Å². The van der Waals surface area contributed by atoms with Crippen LogP contribution in [-0.4, -0.2) is 48.8 Å². The summed E-state index contributed by atoms with van der Waals surface area (Å²) in [5.41, 5.74) is 0. The van der Waals surface area contributed by atoms with E-state index in [4.69, 9.17) is 4.74 Å². The van der Waals surface area contributed by atoms with E-state index in [2.05, 4.69) is 34.8 Å². The van der Waals surface area contributed by atoms with E-state index in [1.54, 1.807) is 0 Å². The van der Waals surface area contributed by atoms with E-state index in [9.17, 15) is 0 Å². The van der Waals surface area contributed by atoms with Gasteiger partial charge in [-0.2, -0.15) is 0 Å². The molecule has 1 aromatic rings. The molecule has 0 amide bonds. The molecule has 2 saturated heterocycles. The van der Waals surface area contributed by atoms with Gasteiger partial charge in [0, 0.05) is 50.4 Å². The lowest BCUT2D eigenvalue weighted by Gasteiger charge is -2.40. The van der Waals surface area contributed by atoms with Crippen molar-refractivity contribution in [1.82, 2.24) is 9.88 Å². The molecule has 0 N–H and O–H groups in total. The first kappa shape index (κ1) is 15.3. The van der Waals surface area contributed by atoms with Crippen LogP contribution in [0.5, 0.6) is 0 Å². The molecule has 118 valence electrons. The molecule has 2 aliphatic rings. The molecule has 3 rings (SSSR count). The van der Waals surface area contributed by atoms with Gasteiger partial charge in [0.25, 0.3) is 0 Å². The maximum atomic E-state index is 5.90. The lowest BCUT2D eigenvalue weighted by molar-refractivity contribution is -0.0674. The second-order valence-corrected chi connectivity index (χ2v) is 7.21. The Kier molecular flexibility index (Phi) is 5.14. The maximum Gasteiger partial charge on any atom is 0.185 e. The van der Waals surface area contributed by atoms with Gasteiger partial charge in [-0.3, -0.25) is 4.90 Å². The Bertz CT molecular complexity index is 446. The summed E-state index contributed by atoms with van der Waals surface area (Å²) in [6, 6.07) is 0. The topological polar surface area (TPSA) is 28.6 Å². The summed E-state index contributed by atoms with van der Waals surface area (Å²) in [6.07, 6.45) is 6.38. The highest BCUT2D eigenvalue weighted by molar-refractivity contribution is 7.15. The highest BCUT2D eigenvalue weighted by Crippen LogP contribution is 2.30. The van der Waals surface area contributed by atoms with E-state index in [1.807, 2.05) is 11.3 Å². The van der Waals surface area contributed by atoms with Crippen LogP contribution >= 0.6 is 11.3 Å². The molecule has 4 nitrogen and oxygen atoms in total. The largest absolute Gasteiger partial charge is 0.378 e. The van der Waals surface area contributed by atoms with Crippen molar-refractivity contribution in [3.8, 4) is 0 Å². The third kappa shape index (κ3) is 3.58. The molecule has 0 aliphatic carbocycles. The van der Waals surface area contributed by atoms with Crippen molar-refractivity contribution in [2.45, 2.75) is 45.8 Å². The predicted octanol–water partition coefficient (Wildman–Crippen LogP) is 2.99. The van der Waals surface area contributed by atoms with Crippen molar-refractivity contribution in [1.29, 1.82) is 0 Å². The lowest BCUT2D eigenvalue weighted by Crippen LogP contribution is -2.45. The van der Waals surface area contributed by atoms with Gasteiger partial charge in [-0.1, -0.05) is 0 Å². The van der Waals surface area contributed by atoms with Gasteiger partial charge >= 0.3 is 0 Å². The van der Waals surface area contributed by atoms with Crippen LogP contribution in [-0.2, 0) is 11.3 Å². The molecular weight excluding hydrogens is 282 g/mol. The molecule has 1 aromatic heterocycles. The molecule has 0 spiro atoms. The zero-order chi connectivity index (χ0) is 14.7. The number of hydrogen-bond acceptors (Lipinski definition) is 5. The fourth-order valence-electron chi connectivity index (χ4n) is 3.54. The van der Waals surface area contributed by atoms with Crippen LogP contribution in [0.1, 0.15) is 38.0 Å². The van der Waals surface area contributed by atoms with E-state index >= 15 is 0 Å². The number of nitrogens with zero attached hydrogens (tertiary/aromatic N) is 3. The summed E-state index contributed by atoms with van der Waals surface area (Å²) in [6.45, 7) is 10.9. The first-order chi connectivity index (χ1) is 10.3. The number of rotatable bonds is 5. The van der Waals surface area contributed by atoms with Crippen molar-refractivity contribution in [2.24, 2.45) is 5.92 Å². The second kappa shape index (κ2) is 7.07. The van der Waals surface area contributed by atoms with Gasteiger partial charge in [-0.05, 0) is 39.0 Å². The fraction of sp³-hybridized carbons (Fsp3) is 0.812. The van der Waals surface area contributed by atoms with Gasteiger partial charge in [0.1, 0.15) is 0 Å². The SMILES string of the molecule is CCN(CC)c1ncc(CN2CC[C@H]3OCCC[C@@H]3C2)s1. The normalized spacial score (nSPS) is 26.6. The number of hydrogen-bond donors (Lipinski definition) is 0. The fourth-order valence-corrected chi connectivity index (χ4v) is 4.62. The van der Waals surface area contributed by atoms with Gasteiger partial charge < -0.3 is 9.64 Å². The predicted molar refractivity (Wildman–Crippen MR) is 88.0 cm³/mol. The summed E-state index contributed by atoms with van der Waals surface area (Å²) < 4.78 is 5.90. The van der Waals surface area contributed by atoms with Gasteiger partial charge in [0.2, 0.25) is 0 Å². The standard InChI is InChI=1S/C16H27N3OS/c1-3-19(4-2)16-17-10-14(21-16)12-18-8-7-15-13(11-18)6-5-9-20-15/h10,13,15H,3-9,11-12H2,1-2H3/t13-,15-/m1/s1. The summed E-state index contributed by atoms with van der Waals surface area (Å²) in [7, 11) is 0. The minimum absolute atomic E-state index is 0.530. The van der Waals surface area contributed by atoms with E-state index in [0.29, 0.717) is 6.10 Å². The highest BCUT2D eigenvalue weighted by Gasteiger charge is 2.32. The molecule has 5 heteroatoms. The maximum absolute atomic E-state index is 5.90. The Morgan fingerprint density at radius 2 is 2.24 bits per heavy atom. The average molecular weight is 309 g/mol. The number of ether oxygens (including phenoxy) is 1. The van der Waals surface area contributed by atoms with Gasteiger partial charge in [0.15, 0.2) is 5.13 Å². The molecule has 2 fully saturated rings. The molecule has 0 radical (unpaired) electrons. The Morgan fingerprint density at radius 3 is 3.05 bits per heavy atom. The van der Waals surface area contributed by atoms with Crippen LogP contribution in [0.15, 0.2) is 6.20 Å². The summed E-state index contributed by atoms with van der Waals surface area (Å²) in [5.74, 6) is 0.752. The smallest absolute Gasteiger partial charge is 0.185 e.